The van der Waals surface area contributed by atoms with Crippen molar-refractivity contribution < 1.29 is 19.4 Å². The van der Waals surface area contributed by atoms with Gasteiger partial charge in [-0.05, 0) is 55.2 Å². The van der Waals surface area contributed by atoms with Crippen LogP contribution in [0.2, 0.25) is 15.1 Å². The third-order valence-corrected chi connectivity index (χ3v) is 5.89. The van der Waals surface area contributed by atoms with Gasteiger partial charge >= 0.3 is 5.97 Å². The summed E-state index contributed by atoms with van der Waals surface area (Å²) in [6.45, 7) is 2.74. The third kappa shape index (κ3) is 7.13. The number of thioether (sulfide) groups is 1. The average molecular weight is 493 g/mol. The first kappa shape index (κ1) is 25.0. The molecule has 0 saturated heterocycles. The van der Waals surface area contributed by atoms with Crippen molar-refractivity contribution in [2.75, 3.05) is 18.6 Å². The number of hydrogen-bond donors (Lipinski definition) is 2. The molecular weight excluding hydrogens is 469 g/mol. The van der Waals surface area contributed by atoms with Crippen LogP contribution in [-0.4, -0.2) is 35.7 Å². The van der Waals surface area contributed by atoms with Crippen molar-refractivity contribution in [3.8, 4) is 11.5 Å². The minimum atomic E-state index is -0.878. The predicted molar refractivity (Wildman–Crippen MR) is 125 cm³/mol. The number of carboxylic acid groups (broad SMARTS) is 1. The number of nitrogens with one attached hydrogen (secondary N) is 1. The van der Waals surface area contributed by atoms with E-state index in [0.717, 1.165) is 11.3 Å². The zero-order chi connectivity index (χ0) is 22.1. The number of carbonyl (C=O) groups is 1. The van der Waals surface area contributed by atoms with Crippen molar-refractivity contribution in [1.29, 1.82) is 0 Å². The quantitative estimate of drug-likeness (QED) is 0.383. The second-order valence-corrected chi connectivity index (χ2v) is 8.59. The molecule has 2 rings (SSSR count). The van der Waals surface area contributed by atoms with E-state index in [9.17, 15) is 9.90 Å². The second kappa shape index (κ2) is 12.5. The Morgan fingerprint density at radius 1 is 1.17 bits per heavy atom. The Balaban J connectivity index is 2.17. The molecule has 0 aliphatic rings. The van der Waals surface area contributed by atoms with E-state index in [-0.39, 0.29) is 6.61 Å². The van der Waals surface area contributed by atoms with Crippen molar-refractivity contribution in [2.45, 2.75) is 32.5 Å². The number of hydrogen-bond acceptors (Lipinski definition) is 5. The van der Waals surface area contributed by atoms with Crippen molar-refractivity contribution in [1.82, 2.24) is 5.32 Å². The monoisotopic (exact) mass is 491 g/mol. The standard InChI is InChI=1S/C21H24Cl3NO4S/c1-3-28-19-10-13(11-25-18(21(26)27)7-8-30-2)9-17(24)20(19)29-12-14-15(22)5-4-6-16(14)23/h4-6,9-10,18,25H,3,7-8,11-12H2,1-2H3,(H,26,27). The van der Waals surface area contributed by atoms with Crippen LogP contribution in [0.3, 0.4) is 0 Å². The van der Waals surface area contributed by atoms with Gasteiger partial charge in [0.15, 0.2) is 11.5 Å². The lowest BCUT2D eigenvalue weighted by atomic mass is 10.1. The van der Waals surface area contributed by atoms with E-state index in [1.54, 1.807) is 42.1 Å². The number of rotatable bonds is 12. The Morgan fingerprint density at radius 3 is 2.47 bits per heavy atom. The highest BCUT2D eigenvalue weighted by Gasteiger charge is 2.18. The summed E-state index contributed by atoms with van der Waals surface area (Å²) in [5.41, 5.74) is 1.45. The topological polar surface area (TPSA) is 67.8 Å². The van der Waals surface area contributed by atoms with Gasteiger partial charge in [0.2, 0.25) is 0 Å². The number of aliphatic carboxylic acids is 1. The molecule has 1 atom stereocenters. The Kier molecular flexibility index (Phi) is 10.4. The first-order valence-corrected chi connectivity index (χ1v) is 11.9. The van der Waals surface area contributed by atoms with E-state index in [1.165, 1.54) is 0 Å². The molecule has 0 saturated carbocycles. The van der Waals surface area contributed by atoms with Gasteiger partial charge in [-0.3, -0.25) is 4.79 Å². The molecule has 2 aromatic rings. The second-order valence-electron chi connectivity index (χ2n) is 6.38. The van der Waals surface area contributed by atoms with E-state index in [0.29, 0.717) is 51.7 Å². The van der Waals surface area contributed by atoms with Gasteiger partial charge in [-0.1, -0.05) is 40.9 Å². The highest BCUT2D eigenvalue weighted by Crippen LogP contribution is 2.38. The van der Waals surface area contributed by atoms with E-state index in [4.69, 9.17) is 44.3 Å². The highest BCUT2D eigenvalue weighted by molar-refractivity contribution is 7.98. The van der Waals surface area contributed by atoms with Crippen LogP contribution in [0.4, 0.5) is 0 Å². The smallest absolute Gasteiger partial charge is 0.320 e. The summed E-state index contributed by atoms with van der Waals surface area (Å²) in [7, 11) is 0. The zero-order valence-corrected chi connectivity index (χ0v) is 19.8. The first-order valence-electron chi connectivity index (χ1n) is 9.33. The van der Waals surface area contributed by atoms with Crippen molar-refractivity contribution in [3.05, 3.63) is 56.5 Å². The van der Waals surface area contributed by atoms with Crippen LogP contribution in [0.1, 0.15) is 24.5 Å². The van der Waals surface area contributed by atoms with Crippen molar-refractivity contribution >= 4 is 52.5 Å². The summed E-state index contributed by atoms with van der Waals surface area (Å²) < 4.78 is 11.6. The fraction of sp³-hybridized carbons (Fsp3) is 0.381. The number of benzene rings is 2. The summed E-state index contributed by atoms with van der Waals surface area (Å²) in [4.78, 5) is 11.4. The lowest BCUT2D eigenvalue weighted by Gasteiger charge is -2.18. The molecule has 0 amide bonds. The normalized spacial score (nSPS) is 11.9. The minimum Gasteiger partial charge on any atom is -0.490 e. The first-order chi connectivity index (χ1) is 14.4. The van der Waals surface area contributed by atoms with Crippen LogP contribution in [0, 0.1) is 0 Å². The van der Waals surface area contributed by atoms with Crippen LogP contribution in [0.15, 0.2) is 30.3 Å². The summed E-state index contributed by atoms with van der Waals surface area (Å²) >= 11 is 20.5. The van der Waals surface area contributed by atoms with E-state index in [1.807, 2.05) is 13.2 Å². The number of halogens is 3. The Bertz CT molecular complexity index is 846. The predicted octanol–water partition coefficient (Wildman–Crippen LogP) is 5.92. The Hall–Kier alpha value is -1.31. The van der Waals surface area contributed by atoms with Gasteiger partial charge in [0, 0.05) is 22.2 Å². The molecule has 9 heteroatoms. The van der Waals surface area contributed by atoms with Gasteiger partial charge in [0.25, 0.3) is 0 Å². The van der Waals surface area contributed by atoms with E-state index >= 15 is 0 Å². The van der Waals surface area contributed by atoms with Gasteiger partial charge in [-0.15, -0.1) is 0 Å². The molecule has 0 aliphatic heterocycles. The molecular formula is C21H24Cl3NO4S. The van der Waals surface area contributed by atoms with Crippen LogP contribution in [-0.2, 0) is 17.9 Å². The van der Waals surface area contributed by atoms with E-state index in [2.05, 4.69) is 5.32 Å². The molecule has 0 bridgehead atoms. The number of ether oxygens (including phenoxy) is 2. The van der Waals surface area contributed by atoms with Crippen LogP contribution >= 0.6 is 46.6 Å². The fourth-order valence-electron chi connectivity index (χ4n) is 2.73. The summed E-state index contributed by atoms with van der Waals surface area (Å²) in [5.74, 6) is 0.736. The molecule has 2 aromatic carbocycles. The SMILES string of the molecule is CCOc1cc(CNC(CCSC)C(=O)O)cc(Cl)c1OCc1c(Cl)cccc1Cl. The molecule has 164 valence electrons. The highest BCUT2D eigenvalue weighted by atomic mass is 35.5. The molecule has 0 aromatic heterocycles. The average Bonchev–Trinajstić information content (AvgIpc) is 2.69. The molecule has 0 fully saturated rings. The molecule has 5 nitrogen and oxygen atoms in total. The van der Waals surface area contributed by atoms with Gasteiger partial charge in [-0.2, -0.15) is 11.8 Å². The summed E-state index contributed by atoms with van der Waals surface area (Å²) in [5, 5.41) is 13.8. The van der Waals surface area contributed by atoms with Gasteiger partial charge in [0.05, 0.1) is 11.6 Å². The van der Waals surface area contributed by atoms with Crippen molar-refractivity contribution in [2.24, 2.45) is 0 Å². The minimum absolute atomic E-state index is 0.131. The van der Waals surface area contributed by atoms with Crippen LogP contribution in [0.25, 0.3) is 0 Å². The fourth-order valence-corrected chi connectivity index (χ4v) is 4.00. The molecule has 0 heterocycles. The lowest BCUT2D eigenvalue weighted by Crippen LogP contribution is -2.36. The Morgan fingerprint density at radius 2 is 1.87 bits per heavy atom. The van der Waals surface area contributed by atoms with Crippen LogP contribution in [0.5, 0.6) is 11.5 Å². The van der Waals surface area contributed by atoms with Gasteiger partial charge in [0.1, 0.15) is 12.6 Å². The van der Waals surface area contributed by atoms with Gasteiger partial charge in [-0.25, -0.2) is 0 Å². The summed E-state index contributed by atoms with van der Waals surface area (Å²) in [6.07, 6.45) is 2.48. The molecule has 2 N–H and O–H groups in total. The Labute approximate surface area is 196 Å². The molecule has 0 spiro atoms. The maximum Gasteiger partial charge on any atom is 0.320 e. The molecule has 0 radical (unpaired) electrons. The molecule has 0 aliphatic carbocycles. The lowest BCUT2D eigenvalue weighted by molar-refractivity contribution is -0.139. The maximum absolute atomic E-state index is 11.4. The van der Waals surface area contributed by atoms with Gasteiger partial charge < -0.3 is 19.9 Å². The maximum atomic E-state index is 11.4. The largest absolute Gasteiger partial charge is 0.490 e. The van der Waals surface area contributed by atoms with E-state index < -0.39 is 12.0 Å². The summed E-state index contributed by atoms with van der Waals surface area (Å²) in [6, 6.07) is 8.13. The molecule has 1 unspecified atom stereocenters. The third-order valence-electron chi connectivity index (χ3n) is 4.25. The number of carboxylic acids is 1. The molecule has 30 heavy (non-hydrogen) atoms. The van der Waals surface area contributed by atoms with Crippen molar-refractivity contribution in [3.63, 3.8) is 0 Å². The van der Waals surface area contributed by atoms with Crippen LogP contribution < -0.4 is 14.8 Å². The zero-order valence-electron chi connectivity index (χ0n) is 16.7.